The highest BCUT2D eigenvalue weighted by atomic mass is 35.5. The molecule has 3 fully saturated rings. The van der Waals surface area contributed by atoms with E-state index in [4.69, 9.17) is 5.73 Å². The summed E-state index contributed by atoms with van der Waals surface area (Å²) in [4.78, 5) is 15.1. The van der Waals surface area contributed by atoms with Crippen LogP contribution in [0.1, 0.15) is 71.6 Å². The van der Waals surface area contributed by atoms with Gasteiger partial charge in [0, 0.05) is 25.0 Å². The first-order valence-corrected chi connectivity index (χ1v) is 9.39. The normalized spacial score (nSPS) is 36.9. The molecule has 23 heavy (non-hydrogen) atoms. The molecule has 0 spiro atoms. The van der Waals surface area contributed by atoms with Crippen LogP contribution in [0.2, 0.25) is 0 Å². The van der Waals surface area contributed by atoms with Gasteiger partial charge in [-0.15, -0.1) is 12.4 Å². The lowest BCUT2D eigenvalue weighted by Crippen LogP contribution is -2.51. The maximum Gasteiger partial charge on any atom is 0.225 e. The van der Waals surface area contributed by atoms with E-state index in [-0.39, 0.29) is 18.3 Å². The number of halogens is 1. The molecular formula is C19H35ClN2O. The lowest BCUT2D eigenvalue weighted by atomic mass is 9.64. The van der Waals surface area contributed by atoms with Gasteiger partial charge < -0.3 is 10.6 Å². The molecule has 2 N–H and O–H groups in total. The van der Waals surface area contributed by atoms with Crippen LogP contribution < -0.4 is 5.73 Å². The van der Waals surface area contributed by atoms with Crippen LogP contribution in [-0.4, -0.2) is 29.9 Å². The van der Waals surface area contributed by atoms with Crippen LogP contribution in [0, 0.1) is 23.2 Å². The Kier molecular flexibility index (Phi) is 6.05. The largest absolute Gasteiger partial charge is 0.343 e. The highest BCUT2D eigenvalue weighted by molar-refractivity contribution is 5.85. The Labute approximate surface area is 148 Å². The average Bonchev–Trinajstić information content (AvgIpc) is 2.45. The molecular weight excluding hydrogens is 308 g/mol. The average molecular weight is 343 g/mol. The summed E-state index contributed by atoms with van der Waals surface area (Å²) in [6.07, 6.45) is 10.7. The van der Waals surface area contributed by atoms with Crippen molar-refractivity contribution in [2.75, 3.05) is 7.05 Å². The summed E-state index contributed by atoms with van der Waals surface area (Å²) in [6.45, 7) is 4.71. The third kappa shape index (κ3) is 4.04. The van der Waals surface area contributed by atoms with Gasteiger partial charge in [-0.05, 0) is 68.6 Å². The molecule has 0 saturated heterocycles. The molecule has 134 valence electrons. The molecule has 0 aromatic rings. The van der Waals surface area contributed by atoms with Gasteiger partial charge >= 0.3 is 0 Å². The summed E-state index contributed by atoms with van der Waals surface area (Å²) >= 11 is 0. The molecule has 0 radical (unpaired) electrons. The molecule has 3 rings (SSSR count). The fourth-order valence-corrected chi connectivity index (χ4v) is 5.23. The minimum atomic E-state index is 0. The van der Waals surface area contributed by atoms with Gasteiger partial charge in [0.2, 0.25) is 5.91 Å². The number of nitrogens with zero attached hydrogens (tertiary/aromatic N) is 1. The Morgan fingerprint density at radius 1 is 1.04 bits per heavy atom. The van der Waals surface area contributed by atoms with E-state index in [0.717, 1.165) is 12.8 Å². The van der Waals surface area contributed by atoms with E-state index >= 15 is 0 Å². The van der Waals surface area contributed by atoms with E-state index in [1.54, 1.807) is 0 Å². The summed E-state index contributed by atoms with van der Waals surface area (Å²) in [5, 5.41) is 0. The molecule has 0 aromatic carbocycles. The highest BCUT2D eigenvalue weighted by Gasteiger charge is 2.42. The highest BCUT2D eigenvalue weighted by Crippen LogP contribution is 2.43. The van der Waals surface area contributed by atoms with Crippen molar-refractivity contribution in [3.8, 4) is 0 Å². The maximum atomic E-state index is 13.0. The fraction of sp³-hybridized carbons (Fsp3) is 0.947. The van der Waals surface area contributed by atoms with Crippen molar-refractivity contribution in [3.05, 3.63) is 0 Å². The Balaban J connectivity index is 0.00000192. The minimum Gasteiger partial charge on any atom is -0.343 e. The van der Waals surface area contributed by atoms with Crippen molar-refractivity contribution in [2.24, 2.45) is 28.9 Å². The van der Waals surface area contributed by atoms with E-state index < -0.39 is 0 Å². The molecule has 0 aromatic heterocycles. The second kappa shape index (κ2) is 7.31. The Morgan fingerprint density at radius 3 is 2.09 bits per heavy atom. The number of carbonyl (C=O) groups is 1. The van der Waals surface area contributed by atoms with Gasteiger partial charge in [-0.3, -0.25) is 4.79 Å². The van der Waals surface area contributed by atoms with E-state index in [2.05, 4.69) is 25.8 Å². The number of fused-ring (bicyclic) bond motifs is 2. The number of carbonyl (C=O) groups excluding carboxylic acids is 1. The number of rotatable bonds is 2. The summed E-state index contributed by atoms with van der Waals surface area (Å²) < 4.78 is 0. The summed E-state index contributed by atoms with van der Waals surface area (Å²) in [7, 11) is 2.05. The van der Waals surface area contributed by atoms with Crippen LogP contribution >= 0.6 is 12.4 Å². The van der Waals surface area contributed by atoms with Crippen molar-refractivity contribution in [2.45, 2.75) is 83.7 Å². The first-order valence-electron chi connectivity index (χ1n) is 9.39. The molecule has 3 saturated carbocycles. The number of nitrogens with two attached hydrogens (primary N) is 1. The third-order valence-corrected chi connectivity index (χ3v) is 6.97. The molecule has 2 bridgehead atoms. The van der Waals surface area contributed by atoms with E-state index in [9.17, 15) is 4.79 Å². The second-order valence-corrected chi connectivity index (χ2v) is 9.04. The molecule has 4 heteroatoms. The van der Waals surface area contributed by atoms with Gasteiger partial charge in [0.25, 0.3) is 0 Å². The van der Waals surface area contributed by atoms with E-state index in [1.807, 2.05) is 0 Å². The van der Waals surface area contributed by atoms with Crippen molar-refractivity contribution in [1.82, 2.24) is 4.90 Å². The molecule has 2 unspecified atom stereocenters. The van der Waals surface area contributed by atoms with Crippen molar-refractivity contribution >= 4 is 18.3 Å². The zero-order chi connectivity index (χ0) is 15.9. The number of hydrogen-bond acceptors (Lipinski definition) is 2. The smallest absolute Gasteiger partial charge is 0.225 e. The summed E-state index contributed by atoms with van der Waals surface area (Å²) in [5.74, 6) is 1.85. The Bertz CT molecular complexity index is 402. The monoisotopic (exact) mass is 342 g/mol. The van der Waals surface area contributed by atoms with Gasteiger partial charge in [-0.2, -0.15) is 0 Å². The van der Waals surface area contributed by atoms with Crippen LogP contribution in [0.5, 0.6) is 0 Å². The molecule has 3 nitrogen and oxygen atoms in total. The second-order valence-electron chi connectivity index (χ2n) is 9.04. The van der Waals surface area contributed by atoms with Gasteiger partial charge in [-0.1, -0.05) is 20.3 Å². The van der Waals surface area contributed by atoms with E-state index in [1.165, 1.54) is 44.9 Å². The Morgan fingerprint density at radius 2 is 1.57 bits per heavy atom. The van der Waals surface area contributed by atoms with Gasteiger partial charge in [0.05, 0.1) is 0 Å². The van der Waals surface area contributed by atoms with Crippen LogP contribution in [-0.2, 0) is 4.79 Å². The van der Waals surface area contributed by atoms with Crippen molar-refractivity contribution < 1.29 is 4.79 Å². The molecule has 3 aliphatic carbocycles. The lowest BCUT2D eigenvalue weighted by molar-refractivity contribution is -0.140. The third-order valence-electron chi connectivity index (χ3n) is 6.97. The van der Waals surface area contributed by atoms with Crippen LogP contribution in [0.4, 0.5) is 0 Å². The molecule has 1 amide bonds. The maximum absolute atomic E-state index is 13.0. The van der Waals surface area contributed by atoms with Gasteiger partial charge in [-0.25, -0.2) is 0 Å². The standard InChI is InChI=1S/C19H34N2O.ClH/c1-19(2)9-7-16(8-10-19)21(3)18(22)15-11-13-5-4-6-14(12-15)17(13)20;/h13-17H,4-12,20H2,1-3H3;1H. The SMILES string of the molecule is CN(C(=O)C1CC2CCCC(C1)C2N)C1CCC(C)(C)CC1.Cl. The Hall–Kier alpha value is -0.280. The molecule has 0 heterocycles. The lowest BCUT2D eigenvalue weighted by Gasteiger charge is -2.45. The molecule has 3 aliphatic rings. The zero-order valence-electron chi connectivity index (χ0n) is 15.1. The predicted octanol–water partition coefficient (Wildman–Crippen LogP) is 3.99. The fourth-order valence-electron chi connectivity index (χ4n) is 5.23. The molecule has 2 atom stereocenters. The summed E-state index contributed by atoms with van der Waals surface area (Å²) in [5.41, 5.74) is 6.84. The number of hydrogen-bond donors (Lipinski definition) is 1. The predicted molar refractivity (Wildman–Crippen MR) is 97.6 cm³/mol. The van der Waals surface area contributed by atoms with Crippen molar-refractivity contribution in [3.63, 3.8) is 0 Å². The quantitative estimate of drug-likeness (QED) is 0.824. The first kappa shape index (κ1) is 19.1. The van der Waals surface area contributed by atoms with Gasteiger partial charge in [0.1, 0.15) is 0 Å². The van der Waals surface area contributed by atoms with Gasteiger partial charge in [0.15, 0.2) is 0 Å². The van der Waals surface area contributed by atoms with Crippen LogP contribution in [0.25, 0.3) is 0 Å². The minimum absolute atomic E-state index is 0. The topological polar surface area (TPSA) is 46.3 Å². The van der Waals surface area contributed by atoms with Crippen LogP contribution in [0.3, 0.4) is 0 Å². The molecule has 0 aliphatic heterocycles. The first-order chi connectivity index (χ1) is 10.4. The number of amides is 1. The van der Waals surface area contributed by atoms with Crippen molar-refractivity contribution in [1.29, 1.82) is 0 Å². The summed E-state index contributed by atoms with van der Waals surface area (Å²) in [6, 6.07) is 0.828. The van der Waals surface area contributed by atoms with Crippen LogP contribution in [0.15, 0.2) is 0 Å². The van der Waals surface area contributed by atoms with E-state index in [0.29, 0.717) is 35.2 Å². The zero-order valence-corrected chi connectivity index (χ0v) is 15.9.